The lowest BCUT2D eigenvalue weighted by Gasteiger charge is -2.19. The first-order valence-electron chi connectivity index (χ1n) is 9.58. The predicted octanol–water partition coefficient (Wildman–Crippen LogP) is 4.13. The lowest BCUT2D eigenvalue weighted by Crippen LogP contribution is -2.33. The molecule has 2 bridgehead atoms. The third kappa shape index (κ3) is 2.57. The highest BCUT2D eigenvalue weighted by molar-refractivity contribution is 6.34. The van der Waals surface area contributed by atoms with Crippen LogP contribution in [0.15, 0.2) is 48.5 Å². The van der Waals surface area contributed by atoms with E-state index in [2.05, 4.69) is 5.32 Å². The number of carbonyl (C=O) groups excluding carboxylic acids is 3. The molecule has 28 heavy (non-hydrogen) atoms. The maximum Gasteiger partial charge on any atom is 0.255 e. The van der Waals surface area contributed by atoms with Crippen LogP contribution in [0.25, 0.3) is 0 Å². The molecule has 1 saturated heterocycles. The van der Waals surface area contributed by atoms with E-state index in [0.29, 0.717) is 33.8 Å². The van der Waals surface area contributed by atoms with Crippen LogP contribution < -0.4 is 10.2 Å². The quantitative estimate of drug-likeness (QED) is 0.796. The molecule has 5 nitrogen and oxygen atoms in total. The molecule has 2 aromatic carbocycles. The molecular weight excluding hydrogens is 376 g/mol. The molecule has 2 saturated carbocycles. The molecule has 1 N–H and O–H groups in total. The largest absolute Gasteiger partial charge is 0.321 e. The van der Waals surface area contributed by atoms with Crippen LogP contribution >= 0.6 is 11.6 Å². The fraction of sp³-hybridized carbons (Fsp3) is 0.318. The van der Waals surface area contributed by atoms with Crippen molar-refractivity contribution in [3.05, 3.63) is 59.1 Å². The molecule has 1 aliphatic heterocycles. The van der Waals surface area contributed by atoms with Gasteiger partial charge >= 0.3 is 0 Å². The highest BCUT2D eigenvalue weighted by Crippen LogP contribution is 2.56. The van der Waals surface area contributed by atoms with Gasteiger partial charge in [-0.15, -0.1) is 0 Å². The minimum absolute atomic E-state index is 0.106. The zero-order valence-corrected chi connectivity index (χ0v) is 15.9. The number of hydrogen-bond donors (Lipinski definition) is 1. The van der Waals surface area contributed by atoms with Crippen LogP contribution in [0.5, 0.6) is 0 Å². The van der Waals surface area contributed by atoms with E-state index in [1.807, 2.05) is 0 Å². The van der Waals surface area contributed by atoms with Crippen LogP contribution in [-0.2, 0) is 9.59 Å². The lowest BCUT2D eigenvalue weighted by molar-refractivity contribution is -0.123. The van der Waals surface area contributed by atoms with Crippen LogP contribution in [0.4, 0.5) is 11.4 Å². The number of rotatable bonds is 3. The Labute approximate surface area is 167 Å². The fourth-order valence-electron chi connectivity index (χ4n) is 5.21. The Morgan fingerprint density at radius 1 is 0.964 bits per heavy atom. The summed E-state index contributed by atoms with van der Waals surface area (Å²) in [5, 5.41) is 3.22. The molecular formula is C22H19ClN2O3. The number of hydrogen-bond acceptors (Lipinski definition) is 3. The van der Waals surface area contributed by atoms with E-state index in [1.165, 1.54) is 4.90 Å². The van der Waals surface area contributed by atoms with Gasteiger partial charge in [0, 0.05) is 5.56 Å². The summed E-state index contributed by atoms with van der Waals surface area (Å²) in [7, 11) is 0. The summed E-state index contributed by atoms with van der Waals surface area (Å²) >= 11 is 6.10. The second-order valence-electron chi connectivity index (χ2n) is 7.88. The summed E-state index contributed by atoms with van der Waals surface area (Å²) in [6.07, 6.45) is 3.08. The first kappa shape index (κ1) is 17.4. The Morgan fingerprint density at radius 2 is 1.64 bits per heavy atom. The van der Waals surface area contributed by atoms with Crippen LogP contribution in [-0.4, -0.2) is 17.7 Å². The van der Waals surface area contributed by atoms with E-state index in [9.17, 15) is 14.4 Å². The predicted molar refractivity (Wildman–Crippen MR) is 106 cm³/mol. The molecule has 3 fully saturated rings. The van der Waals surface area contributed by atoms with E-state index in [0.717, 1.165) is 19.3 Å². The molecule has 5 rings (SSSR count). The minimum Gasteiger partial charge on any atom is -0.321 e. The van der Waals surface area contributed by atoms with E-state index < -0.39 is 0 Å². The standard InChI is InChI=1S/C22H19ClN2O3/c23-16-6-1-2-7-17(16)24-20(26)14-4-3-5-15(11-14)25-21(27)18-12-8-9-13(10-12)19(18)22(25)28/h1-7,11-13,18-19H,8-10H2,(H,24,26)/t12-,13-,18-,19-/m0/s1. The first-order valence-corrected chi connectivity index (χ1v) is 9.96. The van der Waals surface area contributed by atoms with E-state index in [1.54, 1.807) is 48.5 Å². The number of halogens is 1. The molecule has 2 aliphatic carbocycles. The Hall–Kier alpha value is -2.66. The Bertz CT molecular complexity index is 977. The number of nitrogens with one attached hydrogen (secondary N) is 1. The highest BCUT2D eigenvalue weighted by atomic mass is 35.5. The Balaban J connectivity index is 1.42. The smallest absolute Gasteiger partial charge is 0.255 e. The van der Waals surface area contributed by atoms with Gasteiger partial charge in [-0.05, 0) is 61.4 Å². The number of para-hydroxylation sites is 1. The summed E-state index contributed by atoms with van der Waals surface area (Å²) in [6.45, 7) is 0. The SMILES string of the molecule is O=C(Nc1ccccc1Cl)c1cccc(N2C(=O)[C@H]3[C@H]4CC[C@@H](C4)[C@@H]3C2=O)c1. The molecule has 3 amide bonds. The highest BCUT2D eigenvalue weighted by Gasteiger charge is 2.61. The van der Waals surface area contributed by atoms with Crippen molar-refractivity contribution >= 4 is 40.7 Å². The van der Waals surface area contributed by atoms with Gasteiger partial charge in [0.25, 0.3) is 5.91 Å². The molecule has 0 unspecified atom stereocenters. The van der Waals surface area contributed by atoms with Crippen LogP contribution in [0.1, 0.15) is 29.6 Å². The Morgan fingerprint density at radius 3 is 2.32 bits per heavy atom. The zero-order valence-electron chi connectivity index (χ0n) is 15.1. The average Bonchev–Trinajstić information content (AvgIpc) is 3.37. The van der Waals surface area contributed by atoms with Crippen molar-refractivity contribution < 1.29 is 14.4 Å². The molecule has 1 heterocycles. The first-order chi connectivity index (χ1) is 13.5. The number of benzene rings is 2. The number of carbonyl (C=O) groups is 3. The fourth-order valence-corrected chi connectivity index (χ4v) is 5.39. The van der Waals surface area contributed by atoms with Gasteiger partial charge < -0.3 is 5.32 Å². The number of anilines is 2. The van der Waals surface area contributed by atoms with Crippen molar-refractivity contribution in [3.8, 4) is 0 Å². The molecule has 6 heteroatoms. The third-order valence-electron chi connectivity index (χ3n) is 6.42. The van der Waals surface area contributed by atoms with Crippen molar-refractivity contribution in [1.29, 1.82) is 0 Å². The third-order valence-corrected chi connectivity index (χ3v) is 6.75. The molecule has 3 aliphatic rings. The Kier molecular flexibility index (Phi) is 4.02. The van der Waals surface area contributed by atoms with Crippen molar-refractivity contribution in [2.75, 3.05) is 10.2 Å². The van der Waals surface area contributed by atoms with Crippen molar-refractivity contribution in [1.82, 2.24) is 0 Å². The second kappa shape index (κ2) is 6.45. The summed E-state index contributed by atoms with van der Waals surface area (Å²) in [6, 6.07) is 13.7. The molecule has 142 valence electrons. The lowest BCUT2D eigenvalue weighted by atomic mass is 9.81. The maximum absolute atomic E-state index is 13.0. The van der Waals surface area contributed by atoms with E-state index >= 15 is 0 Å². The molecule has 4 atom stereocenters. The van der Waals surface area contributed by atoms with Gasteiger partial charge in [-0.3, -0.25) is 19.3 Å². The van der Waals surface area contributed by atoms with Crippen molar-refractivity contribution in [2.24, 2.45) is 23.7 Å². The van der Waals surface area contributed by atoms with Crippen LogP contribution in [0.2, 0.25) is 5.02 Å². The maximum atomic E-state index is 13.0. The van der Waals surface area contributed by atoms with Gasteiger partial charge in [0.2, 0.25) is 11.8 Å². The van der Waals surface area contributed by atoms with Gasteiger partial charge in [-0.25, -0.2) is 0 Å². The average molecular weight is 395 g/mol. The minimum atomic E-state index is -0.339. The second-order valence-corrected chi connectivity index (χ2v) is 8.29. The van der Waals surface area contributed by atoms with Gasteiger partial charge in [0.05, 0.1) is 28.2 Å². The molecule has 2 aromatic rings. The topological polar surface area (TPSA) is 66.5 Å². The molecule has 0 aromatic heterocycles. The van der Waals surface area contributed by atoms with Crippen molar-refractivity contribution in [2.45, 2.75) is 19.3 Å². The summed E-state index contributed by atoms with van der Waals surface area (Å²) in [4.78, 5) is 39.9. The molecule has 0 radical (unpaired) electrons. The zero-order chi connectivity index (χ0) is 19.4. The van der Waals surface area contributed by atoms with Gasteiger partial charge in [0.15, 0.2) is 0 Å². The van der Waals surface area contributed by atoms with Crippen LogP contribution in [0, 0.1) is 23.7 Å². The summed E-state index contributed by atoms with van der Waals surface area (Å²) in [5.41, 5.74) is 1.35. The number of amides is 3. The van der Waals surface area contributed by atoms with Gasteiger partial charge in [-0.2, -0.15) is 0 Å². The number of fused-ring (bicyclic) bond motifs is 5. The summed E-state index contributed by atoms with van der Waals surface area (Å²) < 4.78 is 0. The van der Waals surface area contributed by atoms with E-state index in [4.69, 9.17) is 11.6 Å². The van der Waals surface area contributed by atoms with Gasteiger partial charge in [0.1, 0.15) is 0 Å². The molecule has 0 spiro atoms. The van der Waals surface area contributed by atoms with Gasteiger partial charge in [-0.1, -0.05) is 29.8 Å². The van der Waals surface area contributed by atoms with E-state index in [-0.39, 0.29) is 29.6 Å². The number of imide groups is 1. The monoisotopic (exact) mass is 394 g/mol. The normalized spacial score (nSPS) is 28.0. The van der Waals surface area contributed by atoms with Crippen molar-refractivity contribution in [3.63, 3.8) is 0 Å². The number of nitrogens with zero attached hydrogens (tertiary/aromatic N) is 1. The summed E-state index contributed by atoms with van der Waals surface area (Å²) in [5.74, 6) is -0.226. The van der Waals surface area contributed by atoms with Crippen LogP contribution in [0.3, 0.4) is 0 Å².